The van der Waals surface area contributed by atoms with Crippen molar-refractivity contribution in [3.63, 3.8) is 0 Å². The maximum absolute atomic E-state index is 13.2. The number of rotatable bonds is 1. The van der Waals surface area contributed by atoms with Gasteiger partial charge in [-0.1, -0.05) is 48.0 Å². The number of benzene rings is 2. The van der Waals surface area contributed by atoms with Gasteiger partial charge in [-0.25, -0.2) is 0 Å². The summed E-state index contributed by atoms with van der Waals surface area (Å²) < 4.78 is 0. The highest BCUT2D eigenvalue weighted by molar-refractivity contribution is 6.24. The number of fused-ring (bicyclic) bond motifs is 4. The van der Waals surface area contributed by atoms with Crippen LogP contribution < -0.4 is 0 Å². The van der Waals surface area contributed by atoms with Gasteiger partial charge in [-0.05, 0) is 37.1 Å². The molecule has 34 heavy (non-hydrogen) atoms. The molecular weight excluding hydrogens is 434 g/mol. The first-order valence-electron chi connectivity index (χ1n) is 11.3. The lowest BCUT2D eigenvalue weighted by Gasteiger charge is -2.42. The molecule has 7 nitrogen and oxygen atoms in total. The zero-order chi connectivity index (χ0) is 23.9. The quantitative estimate of drug-likeness (QED) is 0.295. The molecule has 1 fully saturated rings. The molecule has 3 aliphatic carbocycles. The van der Waals surface area contributed by atoms with Gasteiger partial charge in [0.15, 0.2) is 11.6 Å². The van der Waals surface area contributed by atoms with E-state index in [1.54, 1.807) is 19.1 Å². The molecule has 4 aliphatic rings. The predicted octanol–water partition coefficient (Wildman–Crippen LogP) is 3.36. The number of phenolic OH excluding ortho intramolecular Hbond substituents is 1. The van der Waals surface area contributed by atoms with Gasteiger partial charge in [-0.15, -0.1) is 0 Å². The van der Waals surface area contributed by atoms with Crippen LogP contribution >= 0.6 is 0 Å². The summed E-state index contributed by atoms with van der Waals surface area (Å²) in [6, 6.07) is 10.9. The van der Waals surface area contributed by atoms with Crippen molar-refractivity contribution < 1.29 is 29.5 Å². The number of carbonyl (C=O) groups excluding carboxylic acids is 4. The van der Waals surface area contributed by atoms with E-state index in [4.69, 9.17) is 0 Å². The third-order valence-corrected chi connectivity index (χ3v) is 7.78. The molecule has 2 aromatic rings. The number of nitrogens with zero attached hydrogens (tertiary/aromatic N) is 1. The van der Waals surface area contributed by atoms with Crippen LogP contribution in [0, 0.1) is 17.8 Å². The first-order valence-corrected chi connectivity index (χ1v) is 11.3. The predicted molar refractivity (Wildman–Crippen MR) is 121 cm³/mol. The van der Waals surface area contributed by atoms with E-state index in [9.17, 15) is 29.5 Å². The van der Waals surface area contributed by atoms with E-state index in [1.165, 1.54) is 6.08 Å². The van der Waals surface area contributed by atoms with Crippen LogP contribution in [-0.4, -0.2) is 38.8 Å². The summed E-state index contributed by atoms with van der Waals surface area (Å²) in [6.45, 7) is 1.58. The molecule has 0 spiro atoms. The minimum atomic E-state index is -0.814. The summed E-state index contributed by atoms with van der Waals surface area (Å²) in [6.07, 6.45) is 3.55. The largest absolute Gasteiger partial charge is 0.507 e. The third-order valence-electron chi connectivity index (χ3n) is 7.78. The van der Waals surface area contributed by atoms with Crippen LogP contribution in [0.15, 0.2) is 70.8 Å². The summed E-state index contributed by atoms with van der Waals surface area (Å²) in [5.41, 5.74) is 2.17. The fraction of sp³-hybridized carbons (Fsp3) is 0.259. The van der Waals surface area contributed by atoms with E-state index in [0.717, 1.165) is 11.0 Å². The van der Waals surface area contributed by atoms with E-state index in [0.29, 0.717) is 27.7 Å². The van der Waals surface area contributed by atoms with E-state index < -0.39 is 35.5 Å². The molecule has 0 radical (unpaired) electrons. The Bertz CT molecular complexity index is 1440. The lowest BCUT2D eigenvalue weighted by Crippen LogP contribution is -2.39. The van der Waals surface area contributed by atoms with Crippen molar-refractivity contribution in [1.82, 2.24) is 5.06 Å². The Hall–Kier alpha value is -3.84. The Balaban J connectivity index is 1.60. The number of Topliss-reactive ketones (excluding diaryl/α,β-unsaturated/α-hetero) is 1. The van der Waals surface area contributed by atoms with Gasteiger partial charge in [0.05, 0.1) is 11.8 Å². The average molecular weight is 455 g/mol. The first kappa shape index (κ1) is 20.7. The Morgan fingerprint density at radius 2 is 1.74 bits per heavy atom. The van der Waals surface area contributed by atoms with Gasteiger partial charge in [0.1, 0.15) is 5.75 Å². The highest BCUT2D eigenvalue weighted by Gasteiger charge is 2.56. The van der Waals surface area contributed by atoms with Gasteiger partial charge in [0.25, 0.3) is 11.8 Å². The monoisotopic (exact) mass is 455 g/mol. The topological polar surface area (TPSA) is 112 Å². The lowest BCUT2D eigenvalue weighted by atomic mass is 9.59. The molecule has 2 N–H and O–H groups in total. The van der Waals surface area contributed by atoms with Crippen molar-refractivity contribution in [2.24, 2.45) is 17.8 Å². The van der Waals surface area contributed by atoms with Gasteiger partial charge < -0.3 is 5.11 Å². The van der Waals surface area contributed by atoms with E-state index in [1.807, 2.05) is 30.3 Å². The van der Waals surface area contributed by atoms with Crippen LogP contribution in [-0.2, 0) is 19.2 Å². The van der Waals surface area contributed by atoms with Crippen LogP contribution in [0.2, 0.25) is 0 Å². The number of hydroxylamine groups is 2. The van der Waals surface area contributed by atoms with Crippen LogP contribution in [0.3, 0.4) is 0 Å². The molecule has 0 bridgehead atoms. The Kier molecular flexibility index (Phi) is 4.32. The SMILES string of the molecule is CC1=CC(=O)C2=C(CC3C(=CCC4C(=O)N(O)C(=O)C43)C2c2ccc3ccccc3c2O)C1=O. The molecular formula is C27H21NO6. The van der Waals surface area contributed by atoms with Crippen molar-refractivity contribution in [3.8, 4) is 5.75 Å². The lowest BCUT2D eigenvalue weighted by molar-refractivity contribution is -0.173. The normalized spacial score (nSPS) is 28.6. The molecule has 7 heteroatoms. The third kappa shape index (κ3) is 2.61. The molecule has 170 valence electrons. The first-order chi connectivity index (χ1) is 16.3. The van der Waals surface area contributed by atoms with Crippen molar-refractivity contribution in [1.29, 1.82) is 0 Å². The number of ketones is 2. The number of carbonyl (C=O) groups is 4. The summed E-state index contributed by atoms with van der Waals surface area (Å²) in [4.78, 5) is 51.8. The minimum Gasteiger partial charge on any atom is -0.507 e. The molecule has 2 amide bonds. The number of hydrogen-bond acceptors (Lipinski definition) is 6. The Labute approximate surface area is 194 Å². The van der Waals surface area contributed by atoms with Crippen LogP contribution in [0.5, 0.6) is 5.75 Å². The molecule has 4 atom stereocenters. The number of amides is 2. The Morgan fingerprint density at radius 1 is 0.971 bits per heavy atom. The molecule has 4 unspecified atom stereocenters. The number of phenols is 1. The molecule has 1 heterocycles. The van der Waals surface area contributed by atoms with Crippen molar-refractivity contribution in [2.45, 2.75) is 25.7 Å². The van der Waals surface area contributed by atoms with Gasteiger partial charge in [-0.3, -0.25) is 24.4 Å². The minimum absolute atomic E-state index is 0.0164. The van der Waals surface area contributed by atoms with Gasteiger partial charge in [0, 0.05) is 33.6 Å². The molecule has 1 aliphatic heterocycles. The van der Waals surface area contributed by atoms with Crippen LogP contribution in [0.4, 0.5) is 0 Å². The fourth-order valence-corrected chi connectivity index (χ4v) is 6.23. The summed E-state index contributed by atoms with van der Waals surface area (Å²) in [7, 11) is 0. The Morgan fingerprint density at radius 3 is 2.53 bits per heavy atom. The molecule has 2 aromatic carbocycles. The van der Waals surface area contributed by atoms with Crippen LogP contribution in [0.25, 0.3) is 10.8 Å². The number of aromatic hydroxyl groups is 1. The van der Waals surface area contributed by atoms with Crippen LogP contribution in [0.1, 0.15) is 31.2 Å². The molecule has 6 rings (SSSR count). The van der Waals surface area contributed by atoms with E-state index >= 15 is 0 Å². The second-order valence-electron chi connectivity index (χ2n) is 9.44. The smallest absolute Gasteiger partial charge is 0.257 e. The molecule has 0 saturated carbocycles. The maximum atomic E-state index is 13.2. The van der Waals surface area contributed by atoms with E-state index in [2.05, 4.69) is 0 Å². The average Bonchev–Trinajstić information content (AvgIpc) is 3.06. The van der Waals surface area contributed by atoms with Gasteiger partial charge in [-0.2, -0.15) is 5.06 Å². The molecule has 0 aromatic heterocycles. The number of hydrogen-bond donors (Lipinski definition) is 2. The van der Waals surface area contributed by atoms with Crippen molar-refractivity contribution in [3.05, 3.63) is 76.4 Å². The summed E-state index contributed by atoms with van der Waals surface area (Å²) in [5, 5.41) is 23.0. The number of imide groups is 1. The standard InChI is InChI=1S/C27H21NO6/c1-12-10-20(29)23-19(24(12)30)11-18-15(8-9-17-22(18)27(33)28(34)26(17)32)21(23)16-7-6-13-4-2-3-5-14(13)25(16)31/h2-8,10,17-18,21-22,31,34H,9,11H2,1H3. The van der Waals surface area contributed by atoms with Crippen molar-refractivity contribution in [2.75, 3.05) is 0 Å². The zero-order valence-corrected chi connectivity index (χ0v) is 18.3. The van der Waals surface area contributed by atoms with Gasteiger partial charge in [0.2, 0.25) is 0 Å². The second-order valence-corrected chi connectivity index (χ2v) is 9.44. The summed E-state index contributed by atoms with van der Waals surface area (Å²) in [5.74, 6) is -4.64. The van der Waals surface area contributed by atoms with E-state index in [-0.39, 0.29) is 35.2 Å². The zero-order valence-electron chi connectivity index (χ0n) is 18.3. The number of allylic oxidation sites excluding steroid dienone is 6. The highest BCUT2D eigenvalue weighted by Crippen LogP contribution is 2.56. The second kappa shape index (κ2) is 7.08. The van der Waals surface area contributed by atoms with Gasteiger partial charge >= 0.3 is 0 Å². The molecule has 1 saturated heterocycles. The summed E-state index contributed by atoms with van der Waals surface area (Å²) >= 11 is 0. The van der Waals surface area contributed by atoms with Crippen molar-refractivity contribution >= 4 is 34.2 Å². The highest BCUT2D eigenvalue weighted by atomic mass is 16.5. The fourth-order valence-electron chi connectivity index (χ4n) is 6.23. The maximum Gasteiger partial charge on any atom is 0.257 e.